The number of rotatable bonds is 7. The summed E-state index contributed by atoms with van der Waals surface area (Å²) < 4.78 is 134. The van der Waals surface area contributed by atoms with E-state index in [1.165, 1.54) is 0 Å². The van der Waals surface area contributed by atoms with Crippen molar-refractivity contribution in [3.8, 4) is 0 Å². The zero-order valence-corrected chi connectivity index (χ0v) is 16.1. The van der Waals surface area contributed by atoms with Gasteiger partial charge in [-0.3, -0.25) is 9.69 Å². The molecule has 3 nitrogen and oxygen atoms in total. The van der Waals surface area contributed by atoms with Crippen molar-refractivity contribution in [2.45, 2.75) is 35.6 Å². The van der Waals surface area contributed by atoms with E-state index in [1.807, 2.05) is 0 Å². The quantitative estimate of drug-likeness (QED) is 0.410. The van der Waals surface area contributed by atoms with Crippen LogP contribution < -0.4 is 0 Å². The van der Waals surface area contributed by atoms with Gasteiger partial charge in [0, 0.05) is 32.7 Å². The van der Waals surface area contributed by atoms with Gasteiger partial charge in [-0.2, -0.15) is 43.9 Å². The molecule has 0 spiro atoms. The van der Waals surface area contributed by atoms with Crippen molar-refractivity contribution in [1.29, 1.82) is 0 Å². The van der Waals surface area contributed by atoms with Crippen LogP contribution in [0.4, 0.5) is 43.9 Å². The Bertz CT molecular complexity index is 777. The maximum Gasteiger partial charge on any atom is 0.393 e. The first-order valence-corrected chi connectivity index (χ1v) is 8.98. The first-order valence-electron chi connectivity index (χ1n) is 8.60. The number of halogens is 11. The van der Waals surface area contributed by atoms with Crippen molar-refractivity contribution < 1.29 is 48.7 Å². The molecule has 1 aromatic rings. The van der Waals surface area contributed by atoms with E-state index in [2.05, 4.69) is 11.6 Å². The van der Waals surface area contributed by atoms with Crippen molar-refractivity contribution in [2.24, 2.45) is 0 Å². The molecular weight excluding hydrogens is 474 g/mol. The smallest absolute Gasteiger partial charge is 0.335 e. The number of amides is 1. The van der Waals surface area contributed by atoms with Gasteiger partial charge in [0.15, 0.2) is 0 Å². The fourth-order valence-corrected chi connectivity index (χ4v) is 2.97. The highest BCUT2D eigenvalue weighted by molar-refractivity contribution is 6.22. The number of nitrogens with zero attached hydrogens (tertiary/aromatic N) is 2. The first-order chi connectivity index (χ1) is 14.0. The molecule has 0 radical (unpaired) electrons. The Balaban J connectivity index is 2.15. The second-order valence-electron chi connectivity index (χ2n) is 6.85. The van der Waals surface area contributed by atoms with Crippen LogP contribution >= 0.6 is 11.6 Å². The molecule has 2 rings (SSSR count). The molecule has 0 aromatic heterocycles. The third-order valence-corrected chi connectivity index (χ3v) is 4.95. The normalized spacial score (nSPS) is 17.7. The predicted octanol–water partition coefficient (Wildman–Crippen LogP) is 4.70. The largest absolute Gasteiger partial charge is 0.393 e. The van der Waals surface area contributed by atoms with Gasteiger partial charge in [0.25, 0.3) is 5.91 Å². The van der Waals surface area contributed by atoms with Crippen molar-refractivity contribution in [3.63, 3.8) is 0 Å². The number of benzene rings is 1. The standard InChI is InChI=1S/C17H15ClF10N2O/c18-17(27,28)16(25,26)15(23,24)14(21,22)13(19,20)12(31)30-8-6-29(7-9-30)10-11-4-2-1-3-5-11/h1-5H,6-10H2. The lowest BCUT2D eigenvalue weighted by atomic mass is 9.97. The van der Waals surface area contributed by atoms with Gasteiger partial charge in [-0.25, -0.2) is 0 Å². The summed E-state index contributed by atoms with van der Waals surface area (Å²) in [5, 5.41) is -6.29. The molecule has 1 saturated heterocycles. The minimum atomic E-state index is -7.35. The molecule has 1 amide bonds. The topological polar surface area (TPSA) is 23.6 Å². The Morgan fingerprint density at radius 2 is 1.26 bits per heavy atom. The number of hydrogen-bond acceptors (Lipinski definition) is 2. The Morgan fingerprint density at radius 3 is 1.71 bits per heavy atom. The lowest BCUT2D eigenvalue weighted by Crippen LogP contribution is -2.69. The lowest BCUT2D eigenvalue weighted by Gasteiger charge is -2.40. The van der Waals surface area contributed by atoms with Gasteiger partial charge in [-0.05, 0) is 17.2 Å². The number of carbonyl (C=O) groups is 1. The molecule has 31 heavy (non-hydrogen) atoms. The average molecular weight is 489 g/mol. The second-order valence-corrected chi connectivity index (χ2v) is 7.32. The van der Waals surface area contributed by atoms with Crippen LogP contribution in [-0.2, 0) is 11.3 Å². The van der Waals surface area contributed by atoms with Gasteiger partial charge in [0.05, 0.1) is 0 Å². The number of piperazine rings is 1. The van der Waals surface area contributed by atoms with Crippen LogP contribution in [0.25, 0.3) is 0 Å². The van der Waals surface area contributed by atoms with E-state index in [1.54, 1.807) is 35.2 Å². The van der Waals surface area contributed by atoms with Gasteiger partial charge in [-0.15, -0.1) is 0 Å². The molecule has 0 unspecified atom stereocenters. The molecule has 1 aliphatic rings. The fraction of sp³-hybridized carbons (Fsp3) is 0.588. The van der Waals surface area contributed by atoms with Gasteiger partial charge in [0.2, 0.25) is 0 Å². The predicted molar refractivity (Wildman–Crippen MR) is 88.9 cm³/mol. The molecule has 0 bridgehead atoms. The molecule has 1 heterocycles. The molecule has 0 aliphatic carbocycles. The van der Waals surface area contributed by atoms with E-state index >= 15 is 0 Å². The highest BCUT2D eigenvalue weighted by Gasteiger charge is 2.87. The fourth-order valence-electron chi connectivity index (χ4n) is 2.86. The molecule has 1 fully saturated rings. The second kappa shape index (κ2) is 8.30. The summed E-state index contributed by atoms with van der Waals surface area (Å²) in [6.07, 6.45) is 0. The van der Waals surface area contributed by atoms with Crippen molar-refractivity contribution >= 4 is 17.5 Å². The minimum Gasteiger partial charge on any atom is -0.335 e. The van der Waals surface area contributed by atoms with Crippen molar-refractivity contribution in [2.75, 3.05) is 26.2 Å². The van der Waals surface area contributed by atoms with Gasteiger partial charge in [0.1, 0.15) is 0 Å². The maximum atomic E-state index is 14.0. The van der Waals surface area contributed by atoms with Crippen molar-refractivity contribution in [1.82, 2.24) is 9.80 Å². The monoisotopic (exact) mass is 488 g/mol. The van der Waals surface area contributed by atoms with Crippen LogP contribution in [0, 0.1) is 0 Å². The van der Waals surface area contributed by atoms with E-state index in [4.69, 9.17) is 0 Å². The zero-order valence-electron chi connectivity index (χ0n) is 15.4. The Hall–Kier alpha value is -1.76. The number of alkyl halides is 11. The average Bonchev–Trinajstić information content (AvgIpc) is 2.67. The van der Waals surface area contributed by atoms with Crippen LogP contribution in [0.15, 0.2) is 30.3 Å². The van der Waals surface area contributed by atoms with Crippen LogP contribution in [0.2, 0.25) is 0 Å². The number of hydrogen-bond donors (Lipinski definition) is 0. The molecule has 0 saturated carbocycles. The molecule has 14 heteroatoms. The van der Waals surface area contributed by atoms with E-state index < -0.39 is 48.1 Å². The highest BCUT2D eigenvalue weighted by Crippen LogP contribution is 2.58. The van der Waals surface area contributed by atoms with Crippen LogP contribution in [0.5, 0.6) is 0 Å². The molecule has 0 N–H and O–H groups in total. The minimum absolute atomic E-state index is 0.0858. The van der Waals surface area contributed by atoms with Gasteiger partial charge >= 0.3 is 29.1 Å². The molecule has 1 aromatic carbocycles. The summed E-state index contributed by atoms with van der Waals surface area (Å²) in [6, 6.07) is 8.65. The molecular formula is C17H15ClF10N2O. The van der Waals surface area contributed by atoms with Crippen molar-refractivity contribution in [3.05, 3.63) is 35.9 Å². The third kappa shape index (κ3) is 4.43. The summed E-state index contributed by atoms with van der Waals surface area (Å²) in [5.41, 5.74) is 0.808. The molecule has 176 valence electrons. The third-order valence-electron chi connectivity index (χ3n) is 4.72. The summed E-state index contributed by atoms with van der Waals surface area (Å²) in [5.74, 6) is -30.9. The Kier molecular flexibility index (Phi) is 6.83. The van der Waals surface area contributed by atoms with Gasteiger partial charge < -0.3 is 4.90 Å². The molecule has 0 atom stereocenters. The summed E-state index contributed by atoms with van der Waals surface area (Å²) in [7, 11) is 0. The van der Waals surface area contributed by atoms with E-state index in [0.29, 0.717) is 6.54 Å². The SMILES string of the molecule is O=C(N1CCN(Cc2ccccc2)CC1)C(F)(F)C(F)(F)C(F)(F)C(F)(F)C(F)(F)Cl. The van der Waals surface area contributed by atoms with E-state index in [0.717, 1.165) is 5.56 Å². The maximum absolute atomic E-state index is 14.0. The van der Waals surface area contributed by atoms with Gasteiger partial charge in [-0.1, -0.05) is 30.3 Å². The lowest BCUT2D eigenvalue weighted by molar-refractivity contribution is -0.383. The van der Waals surface area contributed by atoms with E-state index in [-0.39, 0.29) is 18.0 Å². The Labute approximate surface area is 174 Å². The summed E-state index contributed by atoms with van der Waals surface area (Å²) >= 11 is 3.73. The van der Waals surface area contributed by atoms with Crippen LogP contribution in [0.1, 0.15) is 5.56 Å². The van der Waals surface area contributed by atoms with E-state index in [9.17, 15) is 48.7 Å². The Morgan fingerprint density at radius 1 is 0.774 bits per heavy atom. The first kappa shape index (κ1) is 25.5. The zero-order chi connectivity index (χ0) is 23.9. The number of carbonyl (C=O) groups excluding carboxylic acids is 1. The summed E-state index contributed by atoms with van der Waals surface area (Å²) in [4.78, 5) is 13.6. The molecule has 1 aliphatic heterocycles. The summed E-state index contributed by atoms with van der Waals surface area (Å²) in [6.45, 7) is -1.14. The van der Waals surface area contributed by atoms with Crippen LogP contribution in [0.3, 0.4) is 0 Å². The van der Waals surface area contributed by atoms with Crippen LogP contribution in [-0.4, -0.2) is 71.0 Å². The highest BCUT2D eigenvalue weighted by atomic mass is 35.5.